The molecular formula is C17H30N4O2. The van der Waals surface area contributed by atoms with Gasteiger partial charge in [0.25, 0.3) is 0 Å². The molecule has 3 aliphatic heterocycles. The van der Waals surface area contributed by atoms with E-state index in [1.165, 1.54) is 12.8 Å². The van der Waals surface area contributed by atoms with E-state index in [4.69, 9.17) is 0 Å². The van der Waals surface area contributed by atoms with Gasteiger partial charge in [0, 0.05) is 39.3 Å². The van der Waals surface area contributed by atoms with E-state index >= 15 is 0 Å². The van der Waals surface area contributed by atoms with E-state index < -0.39 is 0 Å². The Hall–Kier alpha value is -1.14. The van der Waals surface area contributed by atoms with Gasteiger partial charge >= 0.3 is 0 Å². The van der Waals surface area contributed by atoms with Crippen molar-refractivity contribution in [2.24, 2.45) is 0 Å². The zero-order valence-corrected chi connectivity index (χ0v) is 14.1. The van der Waals surface area contributed by atoms with E-state index in [9.17, 15) is 9.59 Å². The molecule has 2 amide bonds. The summed E-state index contributed by atoms with van der Waals surface area (Å²) in [5, 5.41) is 3.28. The SMILES string of the molecule is O=C(CN1CCN(C(=O)C2CCCN2)CC1)N1CCCCCC1. The van der Waals surface area contributed by atoms with Gasteiger partial charge in [-0.25, -0.2) is 0 Å². The van der Waals surface area contributed by atoms with E-state index in [-0.39, 0.29) is 17.9 Å². The highest BCUT2D eigenvalue weighted by molar-refractivity contribution is 5.82. The van der Waals surface area contributed by atoms with Crippen LogP contribution in [0, 0.1) is 0 Å². The summed E-state index contributed by atoms with van der Waals surface area (Å²) in [6.45, 7) is 6.46. The highest BCUT2D eigenvalue weighted by Gasteiger charge is 2.30. The molecular weight excluding hydrogens is 292 g/mol. The Labute approximate surface area is 139 Å². The van der Waals surface area contributed by atoms with E-state index in [1.54, 1.807) is 0 Å². The fourth-order valence-electron chi connectivity index (χ4n) is 3.85. The van der Waals surface area contributed by atoms with Gasteiger partial charge in [-0.1, -0.05) is 12.8 Å². The minimum Gasteiger partial charge on any atom is -0.342 e. The van der Waals surface area contributed by atoms with Crippen LogP contribution in [0.15, 0.2) is 0 Å². The van der Waals surface area contributed by atoms with Gasteiger partial charge in [0.15, 0.2) is 0 Å². The molecule has 0 aromatic rings. The zero-order valence-electron chi connectivity index (χ0n) is 14.1. The molecule has 6 heteroatoms. The molecule has 1 N–H and O–H groups in total. The third-order valence-electron chi connectivity index (χ3n) is 5.36. The molecule has 0 bridgehead atoms. The highest BCUT2D eigenvalue weighted by atomic mass is 16.2. The molecule has 3 heterocycles. The molecule has 1 unspecified atom stereocenters. The van der Waals surface area contributed by atoms with Crippen LogP contribution < -0.4 is 5.32 Å². The van der Waals surface area contributed by atoms with Crippen LogP contribution >= 0.6 is 0 Å². The van der Waals surface area contributed by atoms with Crippen molar-refractivity contribution in [3.8, 4) is 0 Å². The van der Waals surface area contributed by atoms with Gasteiger partial charge in [-0.15, -0.1) is 0 Å². The Kier molecular flexibility index (Phi) is 5.89. The Balaban J connectivity index is 1.41. The summed E-state index contributed by atoms with van der Waals surface area (Å²) in [5.41, 5.74) is 0. The van der Waals surface area contributed by atoms with Gasteiger partial charge in [-0.2, -0.15) is 0 Å². The molecule has 0 spiro atoms. The smallest absolute Gasteiger partial charge is 0.239 e. The summed E-state index contributed by atoms with van der Waals surface area (Å²) in [6.07, 6.45) is 6.84. The molecule has 0 aromatic carbocycles. The van der Waals surface area contributed by atoms with Crippen LogP contribution in [0.4, 0.5) is 0 Å². The lowest BCUT2D eigenvalue weighted by atomic mass is 10.2. The number of hydrogen-bond donors (Lipinski definition) is 1. The van der Waals surface area contributed by atoms with Gasteiger partial charge in [0.1, 0.15) is 0 Å². The standard InChI is InChI=1S/C17H30N4O2/c22-16(20-8-3-1-2-4-9-20)14-19-10-12-21(13-11-19)17(23)15-6-5-7-18-15/h15,18H,1-14H2. The lowest BCUT2D eigenvalue weighted by Gasteiger charge is -2.36. The molecule has 0 radical (unpaired) electrons. The van der Waals surface area contributed by atoms with Crippen LogP contribution in [-0.4, -0.2) is 84.9 Å². The lowest BCUT2D eigenvalue weighted by Crippen LogP contribution is -2.54. The lowest BCUT2D eigenvalue weighted by molar-refractivity contribution is -0.136. The normalized spacial score (nSPS) is 27.0. The summed E-state index contributed by atoms with van der Waals surface area (Å²) in [6, 6.07) is 0.0280. The fourth-order valence-corrected chi connectivity index (χ4v) is 3.85. The Morgan fingerprint density at radius 1 is 0.826 bits per heavy atom. The molecule has 3 fully saturated rings. The Morgan fingerprint density at radius 3 is 2.13 bits per heavy atom. The average Bonchev–Trinajstić information content (AvgIpc) is 2.97. The molecule has 1 atom stereocenters. The monoisotopic (exact) mass is 322 g/mol. The van der Waals surface area contributed by atoms with E-state index in [1.807, 2.05) is 9.80 Å². The third kappa shape index (κ3) is 4.44. The first-order valence-corrected chi connectivity index (χ1v) is 9.26. The zero-order chi connectivity index (χ0) is 16.1. The molecule has 3 aliphatic rings. The van der Waals surface area contributed by atoms with Crippen LogP contribution in [0.1, 0.15) is 38.5 Å². The predicted molar refractivity (Wildman–Crippen MR) is 89.1 cm³/mol. The van der Waals surface area contributed by atoms with Gasteiger partial charge < -0.3 is 15.1 Å². The van der Waals surface area contributed by atoms with E-state index in [0.29, 0.717) is 6.54 Å². The Morgan fingerprint density at radius 2 is 1.52 bits per heavy atom. The van der Waals surface area contributed by atoms with Crippen LogP contribution in [-0.2, 0) is 9.59 Å². The van der Waals surface area contributed by atoms with Crippen molar-refractivity contribution in [3.63, 3.8) is 0 Å². The Bertz CT molecular complexity index is 407. The van der Waals surface area contributed by atoms with Crippen molar-refractivity contribution >= 4 is 11.8 Å². The maximum atomic E-state index is 12.4. The minimum absolute atomic E-state index is 0.0280. The average molecular weight is 322 g/mol. The summed E-state index contributed by atoms with van der Waals surface area (Å²) in [7, 11) is 0. The number of nitrogens with zero attached hydrogens (tertiary/aromatic N) is 3. The van der Waals surface area contributed by atoms with Crippen LogP contribution in [0.5, 0.6) is 0 Å². The number of likely N-dealkylation sites (tertiary alicyclic amines) is 1. The number of carbonyl (C=O) groups is 2. The summed E-state index contributed by atoms with van der Waals surface area (Å²) in [4.78, 5) is 31.0. The van der Waals surface area contributed by atoms with Crippen molar-refractivity contribution in [2.45, 2.75) is 44.6 Å². The molecule has 3 rings (SSSR count). The first-order chi connectivity index (χ1) is 11.2. The topological polar surface area (TPSA) is 55.9 Å². The highest BCUT2D eigenvalue weighted by Crippen LogP contribution is 2.13. The van der Waals surface area contributed by atoms with Crippen LogP contribution in [0.2, 0.25) is 0 Å². The maximum Gasteiger partial charge on any atom is 0.239 e. The second-order valence-corrected chi connectivity index (χ2v) is 7.05. The van der Waals surface area contributed by atoms with Gasteiger partial charge in [-0.3, -0.25) is 14.5 Å². The molecule has 3 saturated heterocycles. The third-order valence-corrected chi connectivity index (χ3v) is 5.36. The van der Waals surface area contributed by atoms with Crippen LogP contribution in [0.3, 0.4) is 0 Å². The maximum absolute atomic E-state index is 12.4. The van der Waals surface area contributed by atoms with Gasteiger partial charge in [-0.05, 0) is 32.2 Å². The fraction of sp³-hybridized carbons (Fsp3) is 0.882. The molecule has 0 aromatic heterocycles. The molecule has 0 saturated carbocycles. The van der Waals surface area contributed by atoms with Crippen LogP contribution in [0.25, 0.3) is 0 Å². The minimum atomic E-state index is 0.0280. The van der Waals surface area contributed by atoms with Crippen molar-refractivity contribution in [2.75, 3.05) is 52.4 Å². The van der Waals surface area contributed by atoms with E-state index in [0.717, 1.165) is 71.5 Å². The second-order valence-electron chi connectivity index (χ2n) is 7.05. The second kappa shape index (κ2) is 8.11. The number of carbonyl (C=O) groups excluding carboxylic acids is 2. The largest absolute Gasteiger partial charge is 0.342 e. The quantitative estimate of drug-likeness (QED) is 0.811. The number of piperazine rings is 1. The summed E-state index contributed by atoms with van der Waals surface area (Å²) >= 11 is 0. The number of rotatable bonds is 3. The molecule has 6 nitrogen and oxygen atoms in total. The first kappa shape index (κ1) is 16.7. The number of amides is 2. The van der Waals surface area contributed by atoms with Crippen molar-refractivity contribution in [3.05, 3.63) is 0 Å². The number of hydrogen-bond acceptors (Lipinski definition) is 4. The predicted octanol–water partition coefficient (Wildman–Crippen LogP) is 0.285. The molecule has 0 aliphatic carbocycles. The van der Waals surface area contributed by atoms with Crippen molar-refractivity contribution in [1.29, 1.82) is 0 Å². The number of nitrogens with one attached hydrogen (secondary N) is 1. The molecule has 23 heavy (non-hydrogen) atoms. The van der Waals surface area contributed by atoms with Crippen molar-refractivity contribution in [1.82, 2.24) is 20.0 Å². The van der Waals surface area contributed by atoms with Gasteiger partial charge in [0.2, 0.25) is 11.8 Å². The first-order valence-electron chi connectivity index (χ1n) is 9.26. The molecule has 130 valence electrons. The summed E-state index contributed by atoms with van der Waals surface area (Å²) < 4.78 is 0. The van der Waals surface area contributed by atoms with Crippen molar-refractivity contribution < 1.29 is 9.59 Å². The van der Waals surface area contributed by atoms with E-state index in [2.05, 4.69) is 10.2 Å². The summed E-state index contributed by atoms with van der Waals surface area (Å²) in [5.74, 6) is 0.519. The van der Waals surface area contributed by atoms with Gasteiger partial charge in [0.05, 0.1) is 12.6 Å².